The number of hydrogen-bond donors (Lipinski definition) is 1. The summed E-state index contributed by atoms with van der Waals surface area (Å²) in [6, 6.07) is 14.8. The van der Waals surface area contributed by atoms with E-state index in [-0.39, 0.29) is 6.09 Å². The van der Waals surface area contributed by atoms with Crippen LogP contribution in [-0.4, -0.2) is 22.8 Å². The highest BCUT2D eigenvalue weighted by atomic mass is 32.2. The first-order valence-electron chi connectivity index (χ1n) is 10.3. The molecule has 6 heteroatoms. The van der Waals surface area contributed by atoms with Gasteiger partial charge in [-0.05, 0) is 82.3 Å². The lowest BCUT2D eigenvalue weighted by atomic mass is 10.1. The molecule has 3 aromatic rings. The van der Waals surface area contributed by atoms with Crippen molar-refractivity contribution in [3.8, 4) is 0 Å². The van der Waals surface area contributed by atoms with Crippen molar-refractivity contribution in [3.05, 3.63) is 59.3 Å². The van der Waals surface area contributed by atoms with E-state index in [1.807, 2.05) is 25.7 Å². The Hall–Kier alpha value is -2.44. The number of fused-ring (bicyclic) bond motifs is 3. The van der Waals surface area contributed by atoms with Crippen LogP contribution in [0.1, 0.15) is 44.0 Å². The van der Waals surface area contributed by atoms with Crippen LogP contribution in [0.4, 0.5) is 10.5 Å². The zero-order valence-electron chi connectivity index (χ0n) is 18.1. The van der Waals surface area contributed by atoms with Crippen LogP contribution in [0.2, 0.25) is 0 Å². The average molecular weight is 424 g/mol. The van der Waals surface area contributed by atoms with E-state index in [2.05, 4.69) is 54.0 Å². The average Bonchev–Trinajstić information content (AvgIpc) is 3.00. The molecule has 0 aliphatic carbocycles. The molecule has 0 atom stereocenters. The number of benzene rings is 2. The van der Waals surface area contributed by atoms with Crippen LogP contribution in [0.15, 0.2) is 47.4 Å². The highest BCUT2D eigenvalue weighted by Gasteiger charge is 2.32. The Bertz CT molecular complexity index is 1080. The summed E-state index contributed by atoms with van der Waals surface area (Å²) < 4.78 is 8.08. The third kappa shape index (κ3) is 4.07. The topological polar surface area (TPSA) is 60.5 Å². The van der Waals surface area contributed by atoms with Gasteiger partial charge in [0.25, 0.3) is 0 Å². The number of anilines is 1. The van der Waals surface area contributed by atoms with Gasteiger partial charge in [-0.3, -0.25) is 10.0 Å². The number of aryl methyl sites for hydroxylation is 1. The molecule has 1 aromatic heterocycles. The van der Waals surface area contributed by atoms with Crippen molar-refractivity contribution in [2.75, 3.05) is 11.4 Å². The Morgan fingerprint density at radius 2 is 1.90 bits per heavy atom. The SMILES string of the molecule is Cc1ccc2c(c1)c1c(n2Cc2ccc(SN)cc2)CCCN1C(=O)OC(C)(C)C. The first-order valence-corrected chi connectivity index (χ1v) is 11.2. The van der Waals surface area contributed by atoms with Crippen molar-refractivity contribution in [2.24, 2.45) is 5.14 Å². The monoisotopic (exact) mass is 423 g/mol. The number of rotatable bonds is 3. The number of carbonyl (C=O) groups excluding carboxylic acids is 1. The zero-order valence-corrected chi connectivity index (χ0v) is 18.9. The molecule has 1 amide bonds. The van der Waals surface area contributed by atoms with Crippen molar-refractivity contribution in [1.82, 2.24) is 4.57 Å². The third-order valence-corrected chi connectivity index (χ3v) is 5.92. The standard InChI is InChI=1S/C24H29N3O2S/c1-16-7-12-20-19(14-16)22-21(6-5-13-26(22)23(28)29-24(2,3)4)27(20)15-17-8-10-18(30-25)11-9-17/h7-12,14H,5-6,13,15,25H2,1-4H3. The predicted molar refractivity (Wildman–Crippen MR) is 124 cm³/mol. The summed E-state index contributed by atoms with van der Waals surface area (Å²) in [6.07, 6.45) is 1.59. The highest BCUT2D eigenvalue weighted by Crippen LogP contribution is 2.39. The molecule has 0 bridgehead atoms. The maximum absolute atomic E-state index is 13.0. The van der Waals surface area contributed by atoms with Crippen molar-refractivity contribution in [1.29, 1.82) is 0 Å². The molecular weight excluding hydrogens is 394 g/mol. The van der Waals surface area contributed by atoms with Gasteiger partial charge in [0.15, 0.2) is 0 Å². The van der Waals surface area contributed by atoms with E-state index in [0.717, 1.165) is 40.9 Å². The van der Waals surface area contributed by atoms with Gasteiger partial charge in [0.1, 0.15) is 5.60 Å². The Morgan fingerprint density at radius 3 is 2.57 bits per heavy atom. The first kappa shape index (κ1) is 20.8. The molecule has 2 N–H and O–H groups in total. The Morgan fingerprint density at radius 1 is 1.17 bits per heavy atom. The minimum Gasteiger partial charge on any atom is -0.443 e. The largest absolute Gasteiger partial charge is 0.443 e. The molecule has 30 heavy (non-hydrogen) atoms. The van der Waals surface area contributed by atoms with Crippen molar-refractivity contribution in [2.45, 2.75) is 57.6 Å². The molecule has 1 aliphatic rings. The first-order chi connectivity index (χ1) is 14.3. The second-order valence-corrected chi connectivity index (χ2v) is 9.61. The Kier molecular flexibility index (Phi) is 5.55. The van der Waals surface area contributed by atoms with Gasteiger partial charge < -0.3 is 9.30 Å². The summed E-state index contributed by atoms with van der Waals surface area (Å²) in [5.41, 5.74) is 5.22. The molecule has 0 radical (unpaired) electrons. The second kappa shape index (κ2) is 8.00. The van der Waals surface area contributed by atoms with E-state index < -0.39 is 5.60 Å². The summed E-state index contributed by atoms with van der Waals surface area (Å²) in [5.74, 6) is 0. The van der Waals surface area contributed by atoms with Crippen LogP contribution in [0.5, 0.6) is 0 Å². The molecule has 4 rings (SSSR count). The van der Waals surface area contributed by atoms with Gasteiger partial charge in [-0.25, -0.2) is 4.79 Å². The molecule has 0 unspecified atom stereocenters. The molecule has 2 heterocycles. The predicted octanol–water partition coefficient (Wildman–Crippen LogP) is 5.65. The minimum atomic E-state index is -0.522. The lowest BCUT2D eigenvalue weighted by Crippen LogP contribution is -2.39. The van der Waals surface area contributed by atoms with Crippen LogP contribution in [-0.2, 0) is 17.7 Å². The van der Waals surface area contributed by atoms with Crippen molar-refractivity contribution in [3.63, 3.8) is 0 Å². The number of aromatic nitrogens is 1. The van der Waals surface area contributed by atoms with Gasteiger partial charge in [0, 0.05) is 29.1 Å². The number of ether oxygens (including phenoxy) is 1. The van der Waals surface area contributed by atoms with Crippen LogP contribution in [0.3, 0.4) is 0 Å². The summed E-state index contributed by atoms with van der Waals surface area (Å²) in [5, 5.41) is 6.78. The molecule has 0 fully saturated rings. The van der Waals surface area contributed by atoms with Crippen molar-refractivity contribution < 1.29 is 9.53 Å². The fraction of sp³-hybridized carbons (Fsp3) is 0.375. The number of nitrogens with zero attached hydrogens (tertiary/aromatic N) is 2. The van der Waals surface area contributed by atoms with Crippen LogP contribution >= 0.6 is 11.9 Å². The molecule has 5 nitrogen and oxygen atoms in total. The second-order valence-electron chi connectivity index (χ2n) is 8.90. The fourth-order valence-corrected chi connectivity index (χ4v) is 4.40. The maximum Gasteiger partial charge on any atom is 0.414 e. The molecule has 0 saturated carbocycles. The summed E-state index contributed by atoms with van der Waals surface area (Å²) in [7, 11) is 0. The summed E-state index contributed by atoms with van der Waals surface area (Å²) >= 11 is 1.26. The summed E-state index contributed by atoms with van der Waals surface area (Å²) in [6.45, 7) is 9.25. The van der Waals surface area contributed by atoms with E-state index in [9.17, 15) is 4.79 Å². The number of nitrogens with two attached hydrogens (primary N) is 1. The third-order valence-electron chi connectivity index (χ3n) is 5.38. The lowest BCUT2D eigenvalue weighted by Gasteiger charge is -2.31. The Balaban J connectivity index is 1.81. The van der Waals surface area contributed by atoms with Gasteiger partial charge in [-0.1, -0.05) is 23.8 Å². The minimum absolute atomic E-state index is 0.270. The van der Waals surface area contributed by atoms with Crippen LogP contribution in [0.25, 0.3) is 10.9 Å². The maximum atomic E-state index is 13.0. The zero-order chi connectivity index (χ0) is 21.5. The van der Waals surface area contributed by atoms with E-state index in [1.54, 1.807) is 0 Å². The van der Waals surface area contributed by atoms with Gasteiger partial charge in [0.2, 0.25) is 0 Å². The molecule has 0 saturated heterocycles. The van der Waals surface area contributed by atoms with E-state index in [0.29, 0.717) is 6.54 Å². The fourth-order valence-electron chi connectivity index (χ4n) is 4.11. The molecular formula is C24H29N3O2S. The molecule has 2 aromatic carbocycles. The molecule has 1 aliphatic heterocycles. The molecule has 0 spiro atoms. The van der Waals surface area contributed by atoms with E-state index in [4.69, 9.17) is 9.88 Å². The highest BCUT2D eigenvalue weighted by molar-refractivity contribution is 7.97. The van der Waals surface area contributed by atoms with E-state index >= 15 is 0 Å². The number of carbonyl (C=O) groups is 1. The van der Waals surface area contributed by atoms with Gasteiger partial charge in [-0.2, -0.15) is 0 Å². The Labute approximate surface area is 182 Å². The van der Waals surface area contributed by atoms with Crippen LogP contribution in [0, 0.1) is 6.92 Å². The van der Waals surface area contributed by atoms with Crippen LogP contribution < -0.4 is 10.0 Å². The number of amides is 1. The lowest BCUT2D eigenvalue weighted by molar-refractivity contribution is 0.0578. The normalized spacial score (nSPS) is 14.1. The van der Waals surface area contributed by atoms with Gasteiger partial charge in [0.05, 0.1) is 11.2 Å². The van der Waals surface area contributed by atoms with Gasteiger partial charge >= 0.3 is 6.09 Å². The van der Waals surface area contributed by atoms with Crippen molar-refractivity contribution >= 4 is 34.6 Å². The smallest absolute Gasteiger partial charge is 0.414 e. The van der Waals surface area contributed by atoms with Gasteiger partial charge in [-0.15, -0.1) is 0 Å². The number of hydrogen-bond acceptors (Lipinski definition) is 4. The quantitative estimate of drug-likeness (QED) is 0.553. The van der Waals surface area contributed by atoms with E-state index in [1.165, 1.54) is 28.8 Å². The summed E-state index contributed by atoms with van der Waals surface area (Å²) in [4.78, 5) is 15.9. The molecule has 158 valence electrons.